The molecule has 94 valence electrons. The summed E-state index contributed by atoms with van der Waals surface area (Å²) < 4.78 is 0. The first-order chi connectivity index (χ1) is 8.25. The summed E-state index contributed by atoms with van der Waals surface area (Å²) in [5.41, 5.74) is 1.18. The second-order valence-corrected chi connectivity index (χ2v) is 5.28. The zero-order valence-electron chi connectivity index (χ0n) is 10.9. The molecule has 1 aromatic heterocycles. The van der Waals surface area contributed by atoms with E-state index in [9.17, 15) is 0 Å². The maximum atomic E-state index is 4.42. The molecule has 0 amide bonds. The van der Waals surface area contributed by atoms with E-state index in [1.54, 1.807) is 0 Å². The van der Waals surface area contributed by atoms with E-state index in [1.807, 2.05) is 12.3 Å². The molecule has 3 heteroatoms. The Morgan fingerprint density at radius 3 is 3.06 bits per heavy atom. The molecule has 1 atom stereocenters. The topological polar surface area (TPSA) is 28.2 Å². The van der Waals surface area contributed by atoms with Gasteiger partial charge in [0.15, 0.2) is 0 Å². The highest BCUT2D eigenvalue weighted by atomic mass is 15.2. The third kappa shape index (κ3) is 3.79. The fourth-order valence-corrected chi connectivity index (χ4v) is 2.49. The summed E-state index contributed by atoms with van der Waals surface area (Å²) in [4.78, 5) is 6.99. The van der Waals surface area contributed by atoms with Crippen LogP contribution in [0.3, 0.4) is 0 Å². The van der Waals surface area contributed by atoms with E-state index < -0.39 is 0 Å². The number of hydrogen-bond donors (Lipinski definition) is 1. The average molecular weight is 233 g/mol. The van der Waals surface area contributed by atoms with Crippen molar-refractivity contribution in [2.24, 2.45) is 5.92 Å². The van der Waals surface area contributed by atoms with E-state index in [2.05, 4.69) is 41.2 Å². The molecular weight excluding hydrogens is 210 g/mol. The lowest BCUT2D eigenvalue weighted by atomic mass is 10.0. The van der Waals surface area contributed by atoms with E-state index >= 15 is 0 Å². The number of pyridine rings is 1. The summed E-state index contributed by atoms with van der Waals surface area (Å²) in [5, 5.41) is 3.49. The molecule has 1 fully saturated rings. The first-order valence-corrected chi connectivity index (χ1v) is 6.60. The van der Waals surface area contributed by atoms with Gasteiger partial charge in [0.1, 0.15) is 0 Å². The van der Waals surface area contributed by atoms with Gasteiger partial charge in [-0.15, -0.1) is 0 Å². The highest BCUT2D eigenvalue weighted by molar-refractivity contribution is 5.04. The van der Waals surface area contributed by atoms with Crippen molar-refractivity contribution in [3.63, 3.8) is 0 Å². The van der Waals surface area contributed by atoms with Crippen LogP contribution in [0.4, 0.5) is 0 Å². The molecule has 0 spiro atoms. The van der Waals surface area contributed by atoms with Gasteiger partial charge in [0.25, 0.3) is 0 Å². The summed E-state index contributed by atoms with van der Waals surface area (Å²) in [6.07, 6.45) is 3.15. The van der Waals surface area contributed by atoms with Crippen LogP contribution in [-0.4, -0.2) is 35.6 Å². The minimum absolute atomic E-state index is 0.658. The molecule has 1 saturated heterocycles. The average Bonchev–Trinajstić information content (AvgIpc) is 2.32. The van der Waals surface area contributed by atoms with Crippen LogP contribution < -0.4 is 5.32 Å². The highest BCUT2D eigenvalue weighted by Crippen LogP contribution is 2.15. The number of rotatable bonds is 4. The molecule has 0 aromatic carbocycles. The summed E-state index contributed by atoms with van der Waals surface area (Å²) in [6, 6.07) is 6.83. The number of aromatic nitrogens is 1. The quantitative estimate of drug-likeness (QED) is 0.861. The van der Waals surface area contributed by atoms with Crippen LogP contribution in [-0.2, 0) is 6.54 Å². The molecule has 3 nitrogen and oxygen atoms in total. The van der Waals surface area contributed by atoms with Crippen molar-refractivity contribution in [3.05, 3.63) is 30.1 Å². The number of nitrogens with one attached hydrogen (secondary N) is 1. The van der Waals surface area contributed by atoms with E-state index in [-0.39, 0.29) is 0 Å². The van der Waals surface area contributed by atoms with Crippen molar-refractivity contribution in [1.29, 1.82) is 0 Å². The lowest BCUT2D eigenvalue weighted by Crippen LogP contribution is -2.51. The van der Waals surface area contributed by atoms with E-state index in [0.717, 1.165) is 32.1 Å². The fraction of sp³-hybridized carbons (Fsp3) is 0.643. The van der Waals surface area contributed by atoms with Gasteiger partial charge in [-0.25, -0.2) is 0 Å². The van der Waals surface area contributed by atoms with Gasteiger partial charge in [-0.05, 0) is 24.5 Å². The molecular formula is C14H23N3. The maximum Gasteiger partial charge on any atom is 0.0544 e. The van der Waals surface area contributed by atoms with Crippen molar-refractivity contribution in [2.45, 2.75) is 32.9 Å². The monoisotopic (exact) mass is 233 g/mol. The Hall–Kier alpha value is -0.930. The van der Waals surface area contributed by atoms with Gasteiger partial charge in [-0.1, -0.05) is 19.9 Å². The Morgan fingerprint density at radius 2 is 2.35 bits per heavy atom. The number of piperazine rings is 1. The van der Waals surface area contributed by atoms with Crippen LogP contribution in [0.1, 0.15) is 26.0 Å². The van der Waals surface area contributed by atoms with Crippen molar-refractivity contribution < 1.29 is 0 Å². The van der Waals surface area contributed by atoms with Crippen molar-refractivity contribution in [1.82, 2.24) is 15.2 Å². The normalized spacial score (nSPS) is 21.9. The molecule has 0 aliphatic carbocycles. The molecule has 0 bridgehead atoms. The Balaban J connectivity index is 1.96. The van der Waals surface area contributed by atoms with Crippen molar-refractivity contribution >= 4 is 0 Å². The molecule has 0 saturated carbocycles. The van der Waals surface area contributed by atoms with Crippen LogP contribution in [0.25, 0.3) is 0 Å². The number of nitrogens with zero attached hydrogens (tertiary/aromatic N) is 2. The SMILES string of the molecule is CC(C)CC1CNCCN1Cc1ccccn1. The van der Waals surface area contributed by atoms with Crippen molar-refractivity contribution in [2.75, 3.05) is 19.6 Å². The molecule has 2 heterocycles. The molecule has 2 rings (SSSR count). The Labute approximate surface area is 104 Å². The highest BCUT2D eigenvalue weighted by Gasteiger charge is 2.22. The summed E-state index contributed by atoms with van der Waals surface area (Å²) in [6.45, 7) is 8.93. The molecule has 17 heavy (non-hydrogen) atoms. The zero-order chi connectivity index (χ0) is 12.1. The molecule has 1 aromatic rings. The van der Waals surface area contributed by atoms with Gasteiger partial charge >= 0.3 is 0 Å². The van der Waals surface area contributed by atoms with Crippen LogP contribution in [0, 0.1) is 5.92 Å². The second-order valence-electron chi connectivity index (χ2n) is 5.28. The van der Waals surface area contributed by atoms with Crippen LogP contribution in [0.15, 0.2) is 24.4 Å². The van der Waals surface area contributed by atoms with Gasteiger partial charge in [0.05, 0.1) is 5.69 Å². The Bertz CT molecular complexity index is 323. The predicted octanol–water partition coefficient (Wildman–Crippen LogP) is 1.90. The maximum absolute atomic E-state index is 4.42. The smallest absolute Gasteiger partial charge is 0.0544 e. The summed E-state index contributed by atoms with van der Waals surface area (Å²) in [7, 11) is 0. The Kier molecular flexibility index (Phi) is 4.51. The number of hydrogen-bond acceptors (Lipinski definition) is 3. The van der Waals surface area contributed by atoms with Gasteiger partial charge in [0.2, 0.25) is 0 Å². The third-order valence-corrected chi connectivity index (χ3v) is 3.31. The standard InChI is InChI=1S/C14H23N3/c1-12(2)9-14-10-15-7-8-17(14)11-13-5-3-4-6-16-13/h3-6,12,14-15H,7-11H2,1-2H3. The second kappa shape index (κ2) is 6.12. The summed E-state index contributed by atoms with van der Waals surface area (Å²) >= 11 is 0. The summed E-state index contributed by atoms with van der Waals surface area (Å²) in [5.74, 6) is 0.756. The van der Waals surface area contributed by atoms with Crippen molar-refractivity contribution in [3.8, 4) is 0 Å². The molecule has 1 N–H and O–H groups in total. The molecule has 0 radical (unpaired) electrons. The molecule has 1 aliphatic rings. The van der Waals surface area contributed by atoms with Gasteiger partial charge in [-0.2, -0.15) is 0 Å². The van der Waals surface area contributed by atoms with Gasteiger partial charge in [-0.3, -0.25) is 9.88 Å². The minimum Gasteiger partial charge on any atom is -0.314 e. The third-order valence-electron chi connectivity index (χ3n) is 3.31. The van der Waals surface area contributed by atoms with E-state index in [4.69, 9.17) is 0 Å². The van der Waals surface area contributed by atoms with Gasteiger partial charge in [0, 0.05) is 38.4 Å². The molecule has 1 aliphatic heterocycles. The zero-order valence-corrected chi connectivity index (χ0v) is 10.9. The first kappa shape index (κ1) is 12.5. The van der Waals surface area contributed by atoms with E-state index in [0.29, 0.717) is 6.04 Å². The Morgan fingerprint density at radius 1 is 1.47 bits per heavy atom. The lowest BCUT2D eigenvalue weighted by Gasteiger charge is -2.37. The fourth-order valence-electron chi connectivity index (χ4n) is 2.49. The van der Waals surface area contributed by atoms with E-state index in [1.165, 1.54) is 12.1 Å². The van der Waals surface area contributed by atoms with Gasteiger partial charge < -0.3 is 5.32 Å². The first-order valence-electron chi connectivity index (χ1n) is 6.60. The molecule has 1 unspecified atom stereocenters. The van der Waals surface area contributed by atoms with Crippen LogP contribution in [0.2, 0.25) is 0 Å². The predicted molar refractivity (Wildman–Crippen MR) is 70.8 cm³/mol. The largest absolute Gasteiger partial charge is 0.314 e. The minimum atomic E-state index is 0.658. The lowest BCUT2D eigenvalue weighted by molar-refractivity contribution is 0.132. The van der Waals surface area contributed by atoms with Crippen LogP contribution in [0.5, 0.6) is 0 Å². The van der Waals surface area contributed by atoms with Crippen LogP contribution >= 0.6 is 0 Å².